The molecule has 1 N–H and O–H groups in total. The number of carbonyl (C=O) groups is 2. The van der Waals surface area contributed by atoms with E-state index >= 15 is 0 Å². The summed E-state index contributed by atoms with van der Waals surface area (Å²) in [5, 5.41) is 3.07. The number of anilines is 1. The smallest absolute Gasteiger partial charge is 0.252 e. The second-order valence-corrected chi connectivity index (χ2v) is 7.63. The van der Waals surface area contributed by atoms with Gasteiger partial charge in [0.2, 0.25) is 5.91 Å². The molecule has 2 aromatic rings. The maximum atomic E-state index is 13.0. The maximum absolute atomic E-state index is 13.0. The molecule has 1 heterocycles. The van der Waals surface area contributed by atoms with Crippen molar-refractivity contribution < 1.29 is 19.1 Å². The topological polar surface area (TPSA) is 67.9 Å². The quantitative estimate of drug-likeness (QED) is 0.814. The van der Waals surface area contributed by atoms with Crippen molar-refractivity contribution in [2.24, 2.45) is 5.92 Å². The molecule has 29 heavy (non-hydrogen) atoms. The summed E-state index contributed by atoms with van der Waals surface area (Å²) in [5.41, 5.74) is 3.40. The second-order valence-electron chi connectivity index (χ2n) is 7.63. The van der Waals surface area contributed by atoms with Crippen LogP contribution in [0.1, 0.15) is 47.3 Å². The van der Waals surface area contributed by atoms with E-state index in [0.717, 1.165) is 29.7 Å². The molecule has 152 valence electrons. The molecular weight excluding hydrogens is 368 g/mol. The highest BCUT2D eigenvalue weighted by Crippen LogP contribution is 2.37. The highest BCUT2D eigenvalue weighted by Gasteiger charge is 2.37. The van der Waals surface area contributed by atoms with Gasteiger partial charge in [0.25, 0.3) is 5.91 Å². The Balaban J connectivity index is 1.53. The Bertz CT molecular complexity index is 952. The third kappa shape index (κ3) is 3.67. The summed E-state index contributed by atoms with van der Waals surface area (Å²) in [6.07, 6.45) is 2.67. The van der Waals surface area contributed by atoms with Crippen LogP contribution in [0, 0.1) is 5.92 Å². The van der Waals surface area contributed by atoms with Crippen molar-refractivity contribution in [1.29, 1.82) is 0 Å². The average Bonchev–Trinajstić information content (AvgIpc) is 3.51. The fourth-order valence-corrected chi connectivity index (χ4v) is 3.91. The molecule has 1 unspecified atom stereocenters. The molecule has 4 rings (SSSR count). The predicted octanol–water partition coefficient (Wildman–Crippen LogP) is 3.49. The summed E-state index contributed by atoms with van der Waals surface area (Å²) in [4.78, 5) is 27.4. The van der Waals surface area contributed by atoms with E-state index in [-0.39, 0.29) is 23.8 Å². The summed E-state index contributed by atoms with van der Waals surface area (Å²) in [6.45, 7) is 2.59. The van der Waals surface area contributed by atoms with E-state index in [9.17, 15) is 9.59 Å². The van der Waals surface area contributed by atoms with Gasteiger partial charge in [-0.1, -0.05) is 12.1 Å². The molecule has 0 spiro atoms. The molecule has 1 saturated carbocycles. The maximum Gasteiger partial charge on any atom is 0.252 e. The summed E-state index contributed by atoms with van der Waals surface area (Å²) in [7, 11) is 3.18. The highest BCUT2D eigenvalue weighted by molar-refractivity contribution is 6.03. The van der Waals surface area contributed by atoms with Gasteiger partial charge in [0, 0.05) is 23.7 Å². The Hall–Kier alpha value is -3.02. The van der Waals surface area contributed by atoms with Crippen LogP contribution in [0.2, 0.25) is 0 Å². The Kier molecular flexibility index (Phi) is 5.18. The van der Waals surface area contributed by atoms with Crippen molar-refractivity contribution >= 4 is 17.5 Å². The minimum atomic E-state index is -0.205. The molecule has 0 bridgehead atoms. The first-order chi connectivity index (χ1) is 14.0. The minimum absolute atomic E-state index is 0.134. The van der Waals surface area contributed by atoms with Crippen LogP contribution in [-0.4, -0.2) is 32.6 Å². The fraction of sp³-hybridized carbons (Fsp3) is 0.391. The van der Waals surface area contributed by atoms with Crippen LogP contribution in [0.15, 0.2) is 36.4 Å². The zero-order chi connectivity index (χ0) is 20.5. The van der Waals surface area contributed by atoms with Gasteiger partial charge < -0.3 is 19.7 Å². The van der Waals surface area contributed by atoms with Crippen LogP contribution in [0.4, 0.5) is 5.69 Å². The molecule has 1 atom stereocenters. The highest BCUT2D eigenvalue weighted by atomic mass is 16.5. The first kappa shape index (κ1) is 19.3. The molecule has 1 fully saturated rings. The van der Waals surface area contributed by atoms with Gasteiger partial charge in [0.1, 0.15) is 0 Å². The largest absolute Gasteiger partial charge is 0.493 e. The standard InChI is InChI=1S/C23H26N2O4/c1-14(16-9-10-20(28-2)21(13-16)29-3)24-22(26)18-5-4-6-19-17(18)11-12-25(19)23(27)15-7-8-15/h4-6,9-10,13-15H,7-8,11-12H2,1-3H3,(H,24,26). The average molecular weight is 394 g/mol. The zero-order valence-corrected chi connectivity index (χ0v) is 17.0. The molecule has 1 aliphatic carbocycles. The lowest BCUT2D eigenvalue weighted by atomic mass is 10.0. The van der Waals surface area contributed by atoms with Gasteiger partial charge in [-0.2, -0.15) is 0 Å². The Morgan fingerprint density at radius 2 is 1.86 bits per heavy atom. The van der Waals surface area contributed by atoms with E-state index < -0.39 is 0 Å². The van der Waals surface area contributed by atoms with Gasteiger partial charge in [0.05, 0.1) is 20.3 Å². The molecule has 2 amide bonds. The van der Waals surface area contributed by atoms with Gasteiger partial charge in [-0.15, -0.1) is 0 Å². The van der Waals surface area contributed by atoms with E-state index in [1.807, 2.05) is 48.2 Å². The number of fused-ring (bicyclic) bond motifs is 1. The van der Waals surface area contributed by atoms with E-state index in [0.29, 0.717) is 30.0 Å². The van der Waals surface area contributed by atoms with Crippen LogP contribution in [-0.2, 0) is 11.2 Å². The van der Waals surface area contributed by atoms with Crippen LogP contribution >= 0.6 is 0 Å². The van der Waals surface area contributed by atoms with Crippen LogP contribution < -0.4 is 19.7 Å². The van der Waals surface area contributed by atoms with E-state index in [2.05, 4.69) is 5.32 Å². The lowest BCUT2D eigenvalue weighted by molar-refractivity contribution is -0.119. The Labute approximate surface area is 170 Å². The molecule has 2 aliphatic rings. The van der Waals surface area contributed by atoms with Gasteiger partial charge in [-0.25, -0.2) is 0 Å². The number of hydrogen-bond donors (Lipinski definition) is 1. The summed E-state index contributed by atoms with van der Waals surface area (Å²) < 4.78 is 10.6. The number of nitrogens with zero attached hydrogens (tertiary/aromatic N) is 1. The molecule has 6 nitrogen and oxygen atoms in total. The Morgan fingerprint density at radius 3 is 2.55 bits per heavy atom. The lowest BCUT2D eigenvalue weighted by Gasteiger charge is -2.19. The molecule has 0 saturated heterocycles. The van der Waals surface area contributed by atoms with Gasteiger partial charge >= 0.3 is 0 Å². The minimum Gasteiger partial charge on any atom is -0.493 e. The monoisotopic (exact) mass is 394 g/mol. The molecule has 2 aromatic carbocycles. The summed E-state index contributed by atoms with van der Waals surface area (Å²) in [5.74, 6) is 1.50. The normalized spacial score (nSPS) is 16.2. The van der Waals surface area contributed by atoms with Crippen molar-refractivity contribution in [3.63, 3.8) is 0 Å². The van der Waals surface area contributed by atoms with Crippen molar-refractivity contribution in [1.82, 2.24) is 5.32 Å². The summed E-state index contributed by atoms with van der Waals surface area (Å²) >= 11 is 0. The van der Waals surface area contributed by atoms with Crippen LogP contribution in [0.5, 0.6) is 11.5 Å². The van der Waals surface area contributed by atoms with Gasteiger partial charge in [-0.3, -0.25) is 9.59 Å². The van der Waals surface area contributed by atoms with Gasteiger partial charge in [0.15, 0.2) is 11.5 Å². The van der Waals surface area contributed by atoms with E-state index in [1.54, 1.807) is 14.2 Å². The fourth-order valence-electron chi connectivity index (χ4n) is 3.91. The van der Waals surface area contributed by atoms with Crippen molar-refractivity contribution in [2.45, 2.75) is 32.2 Å². The number of methoxy groups -OCH3 is 2. The number of carbonyl (C=O) groups excluding carboxylic acids is 2. The lowest BCUT2D eigenvalue weighted by Crippen LogP contribution is -2.30. The van der Waals surface area contributed by atoms with Crippen molar-refractivity contribution in [3.8, 4) is 11.5 Å². The molecule has 1 aliphatic heterocycles. The molecule has 0 radical (unpaired) electrons. The van der Waals surface area contributed by atoms with E-state index in [1.165, 1.54) is 0 Å². The number of hydrogen-bond acceptors (Lipinski definition) is 4. The number of ether oxygens (including phenoxy) is 2. The number of amides is 2. The first-order valence-corrected chi connectivity index (χ1v) is 9.99. The van der Waals surface area contributed by atoms with Crippen molar-refractivity contribution in [2.75, 3.05) is 25.7 Å². The SMILES string of the molecule is COc1ccc(C(C)NC(=O)c2cccc3c2CCN3C(=O)C2CC2)cc1OC. The third-order valence-corrected chi connectivity index (χ3v) is 5.72. The molecule has 6 heteroatoms. The van der Waals surface area contributed by atoms with Gasteiger partial charge in [-0.05, 0) is 61.6 Å². The van der Waals surface area contributed by atoms with E-state index in [4.69, 9.17) is 9.47 Å². The second kappa shape index (κ2) is 7.78. The van der Waals surface area contributed by atoms with Crippen LogP contribution in [0.25, 0.3) is 0 Å². The third-order valence-electron chi connectivity index (χ3n) is 5.72. The number of nitrogens with one attached hydrogen (secondary N) is 1. The Morgan fingerprint density at radius 1 is 1.10 bits per heavy atom. The molecular formula is C23H26N2O4. The summed E-state index contributed by atoms with van der Waals surface area (Å²) in [6, 6.07) is 11.0. The molecule has 0 aromatic heterocycles. The number of benzene rings is 2. The number of rotatable bonds is 6. The zero-order valence-electron chi connectivity index (χ0n) is 17.0. The van der Waals surface area contributed by atoms with Crippen molar-refractivity contribution in [3.05, 3.63) is 53.1 Å². The first-order valence-electron chi connectivity index (χ1n) is 9.99. The predicted molar refractivity (Wildman–Crippen MR) is 111 cm³/mol. The van der Waals surface area contributed by atoms with Crippen LogP contribution in [0.3, 0.4) is 0 Å².